The van der Waals surface area contributed by atoms with Gasteiger partial charge in [-0.15, -0.1) is 0 Å². The fraction of sp³-hybridized carbons (Fsp3) is 0.833. The molecule has 0 saturated heterocycles. The Morgan fingerprint density at radius 1 is 1.67 bits per heavy atom. The highest BCUT2D eigenvalue weighted by Gasteiger charge is 2.07. The molecule has 0 aromatic carbocycles. The lowest BCUT2D eigenvalue weighted by atomic mass is 10.1. The molecule has 3 nitrogen and oxygen atoms in total. The number of carbonyl (C=O) groups excluding carboxylic acids is 1. The summed E-state index contributed by atoms with van der Waals surface area (Å²) in [6.07, 6.45) is 0.784. The zero-order chi connectivity index (χ0) is 7.28. The van der Waals surface area contributed by atoms with Crippen LogP contribution in [0.25, 0.3) is 0 Å². The number of amides is 1. The van der Waals surface area contributed by atoms with Crippen LogP contribution in [0.3, 0.4) is 0 Å². The van der Waals surface area contributed by atoms with Crippen LogP contribution < -0.4 is 5.32 Å². The second-order valence-corrected chi connectivity index (χ2v) is 1.99. The Morgan fingerprint density at radius 2 is 2.22 bits per heavy atom. The van der Waals surface area contributed by atoms with E-state index < -0.39 is 6.73 Å². The van der Waals surface area contributed by atoms with Gasteiger partial charge in [0.15, 0.2) is 6.73 Å². The summed E-state index contributed by atoms with van der Waals surface area (Å²) in [5.41, 5.74) is 0. The number of rotatable bonds is 3. The fourth-order valence-corrected chi connectivity index (χ4v) is 0.431. The topological polar surface area (TPSA) is 49.0 Å². The van der Waals surface area contributed by atoms with E-state index in [9.17, 15) is 9.90 Å². The first kappa shape index (κ1) is 8.43. The molecule has 0 aliphatic carbocycles. The van der Waals surface area contributed by atoms with Crippen LogP contribution in [0.5, 0.6) is 0 Å². The van der Waals surface area contributed by atoms with Crippen molar-refractivity contribution in [3.05, 3.63) is 0 Å². The van der Waals surface area contributed by atoms with E-state index in [1.807, 2.05) is 6.92 Å². The van der Waals surface area contributed by atoms with E-state index in [1.54, 1.807) is 6.92 Å². The summed E-state index contributed by atoms with van der Waals surface area (Å²) in [5, 5.41) is 12.0. The van der Waals surface area contributed by atoms with E-state index in [2.05, 4.69) is 5.32 Å². The summed E-state index contributed by atoms with van der Waals surface area (Å²) in [6, 6.07) is 0. The normalized spacial score (nSPS) is 12.8. The minimum atomic E-state index is -0.511. The number of carbonyl (C=O) groups is 1. The van der Waals surface area contributed by atoms with Crippen LogP contribution in [0.1, 0.15) is 20.3 Å². The van der Waals surface area contributed by atoms with Gasteiger partial charge >= 0.3 is 0 Å². The van der Waals surface area contributed by atoms with E-state index in [1.165, 1.54) is 0 Å². The Kier molecular flexibility index (Phi) is 4.05. The first-order valence-electron chi connectivity index (χ1n) is 3.08. The third kappa shape index (κ3) is 3.08. The number of nitrogens with one attached hydrogen (secondary N) is 1. The highest BCUT2D eigenvalue weighted by molar-refractivity contribution is 5.77. The van der Waals surface area contributed by atoms with E-state index in [-0.39, 0.29) is 11.8 Å². The van der Waals surface area contributed by atoms with Crippen molar-refractivity contribution in [3.63, 3.8) is 0 Å². The van der Waals surface area contributed by atoms with Crippen LogP contribution in [-0.4, -0.2) is 12.6 Å². The van der Waals surface area contributed by atoms with Gasteiger partial charge in [0.1, 0.15) is 0 Å². The van der Waals surface area contributed by atoms with Crippen LogP contribution in [0, 0.1) is 5.92 Å². The monoisotopic (exact) mass is 130 g/mol. The molecule has 1 radical (unpaired) electrons. The average Bonchev–Trinajstić information content (AvgIpc) is 1.87. The molecule has 1 atom stereocenters. The fourth-order valence-electron chi connectivity index (χ4n) is 0.431. The molecule has 3 heteroatoms. The molecular formula is C6H12NO2. The molecule has 1 amide bonds. The van der Waals surface area contributed by atoms with Gasteiger partial charge in [-0.1, -0.05) is 13.8 Å². The lowest BCUT2D eigenvalue weighted by Gasteiger charge is -2.05. The molecule has 0 aliphatic rings. The predicted octanol–water partition coefficient (Wildman–Crippen LogP) is 0.537. The molecule has 0 heterocycles. The molecule has 0 fully saturated rings. The van der Waals surface area contributed by atoms with E-state index in [4.69, 9.17) is 0 Å². The van der Waals surface area contributed by atoms with Crippen molar-refractivity contribution in [1.82, 2.24) is 5.32 Å². The third-order valence-electron chi connectivity index (χ3n) is 1.31. The molecule has 0 rings (SSSR count). The predicted molar refractivity (Wildman–Crippen MR) is 33.2 cm³/mol. The lowest BCUT2D eigenvalue weighted by molar-refractivity contribution is -0.126. The number of hydrogen-bond donors (Lipinski definition) is 1. The van der Waals surface area contributed by atoms with Gasteiger partial charge in [-0.05, 0) is 6.42 Å². The van der Waals surface area contributed by atoms with Gasteiger partial charge in [-0.25, -0.2) is 5.11 Å². The summed E-state index contributed by atoms with van der Waals surface area (Å²) in [5.74, 6) is -0.175. The van der Waals surface area contributed by atoms with Gasteiger partial charge in [0.25, 0.3) is 0 Å². The number of hydrogen-bond acceptors (Lipinski definition) is 1. The molecule has 9 heavy (non-hydrogen) atoms. The largest absolute Gasteiger partial charge is 0.330 e. The zero-order valence-electron chi connectivity index (χ0n) is 5.81. The first-order chi connectivity index (χ1) is 4.22. The van der Waals surface area contributed by atoms with Gasteiger partial charge in [-0.2, -0.15) is 0 Å². The Bertz CT molecular complexity index is 93.1. The quantitative estimate of drug-likeness (QED) is 0.557. The van der Waals surface area contributed by atoms with Crippen LogP contribution in [0.15, 0.2) is 0 Å². The molecule has 1 unspecified atom stereocenters. The molecular weight excluding hydrogens is 118 g/mol. The molecule has 53 valence electrons. The smallest absolute Gasteiger partial charge is 0.224 e. The van der Waals surface area contributed by atoms with Crippen LogP contribution in [0.4, 0.5) is 0 Å². The van der Waals surface area contributed by atoms with Crippen LogP contribution >= 0.6 is 0 Å². The molecule has 0 aliphatic heterocycles. The second-order valence-electron chi connectivity index (χ2n) is 1.99. The summed E-state index contributed by atoms with van der Waals surface area (Å²) in [4.78, 5) is 10.7. The minimum absolute atomic E-state index is 0.0288. The SMILES string of the molecule is CCC(C)C(=O)NC[O]. The zero-order valence-corrected chi connectivity index (χ0v) is 5.81. The summed E-state index contributed by atoms with van der Waals surface area (Å²) < 4.78 is 0. The minimum Gasteiger partial charge on any atom is -0.330 e. The maximum absolute atomic E-state index is 10.7. The summed E-state index contributed by atoms with van der Waals surface area (Å²) >= 11 is 0. The molecule has 1 N–H and O–H groups in total. The highest BCUT2D eigenvalue weighted by Crippen LogP contribution is 1.98. The summed E-state index contributed by atoms with van der Waals surface area (Å²) in [7, 11) is 0. The second kappa shape index (κ2) is 4.32. The Morgan fingerprint density at radius 3 is 2.56 bits per heavy atom. The van der Waals surface area contributed by atoms with Gasteiger partial charge < -0.3 is 5.32 Å². The van der Waals surface area contributed by atoms with Crippen molar-refractivity contribution in [2.75, 3.05) is 6.73 Å². The van der Waals surface area contributed by atoms with Gasteiger partial charge in [-0.3, -0.25) is 4.79 Å². The maximum atomic E-state index is 10.7. The average molecular weight is 130 g/mol. The van der Waals surface area contributed by atoms with Crippen molar-refractivity contribution in [1.29, 1.82) is 0 Å². The van der Waals surface area contributed by atoms with E-state index >= 15 is 0 Å². The molecule has 0 aromatic rings. The van der Waals surface area contributed by atoms with Crippen molar-refractivity contribution in [2.45, 2.75) is 20.3 Å². The van der Waals surface area contributed by atoms with Crippen molar-refractivity contribution < 1.29 is 9.90 Å². The van der Waals surface area contributed by atoms with Crippen LogP contribution in [-0.2, 0) is 9.90 Å². The molecule has 0 spiro atoms. The Labute approximate surface area is 55.1 Å². The van der Waals surface area contributed by atoms with Gasteiger partial charge in [0.05, 0.1) is 0 Å². The van der Waals surface area contributed by atoms with Gasteiger partial charge in [0.2, 0.25) is 5.91 Å². The van der Waals surface area contributed by atoms with Crippen molar-refractivity contribution in [2.24, 2.45) is 5.92 Å². The standard InChI is InChI=1S/C6H12NO2/c1-3-5(2)6(9)7-4-8/h5H,3-4H2,1-2H3,(H,7,9). The van der Waals surface area contributed by atoms with E-state index in [0.29, 0.717) is 0 Å². The van der Waals surface area contributed by atoms with E-state index in [0.717, 1.165) is 6.42 Å². The first-order valence-corrected chi connectivity index (χ1v) is 3.08. The molecule has 0 aromatic heterocycles. The van der Waals surface area contributed by atoms with Crippen LogP contribution in [0.2, 0.25) is 0 Å². The summed E-state index contributed by atoms with van der Waals surface area (Å²) in [6.45, 7) is 3.20. The molecule has 0 saturated carbocycles. The Balaban J connectivity index is 3.46. The van der Waals surface area contributed by atoms with Gasteiger partial charge in [0, 0.05) is 5.92 Å². The highest BCUT2D eigenvalue weighted by atomic mass is 16.3. The molecule has 0 bridgehead atoms. The maximum Gasteiger partial charge on any atom is 0.224 e. The third-order valence-corrected chi connectivity index (χ3v) is 1.31. The lowest BCUT2D eigenvalue weighted by Crippen LogP contribution is -2.28. The van der Waals surface area contributed by atoms with Crippen molar-refractivity contribution >= 4 is 5.91 Å². The Hall–Kier alpha value is -0.570. The van der Waals surface area contributed by atoms with Crippen molar-refractivity contribution in [3.8, 4) is 0 Å².